The van der Waals surface area contributed by atoms with Crippen LogP contribution in [-0.2, 0) is 25.7 Å². The van der Waals surface area contributed by atoms with Crippen LogP contribution in [0.2, 0.25) is 0 Å². The summed E-state index contributed by atoms with van der Waals surface area (Å²) >= 11 is 0. The molecule has 0 aromatic heterocycles. The van der Waals surface area contributed by atoms with Gasteiger partial charge in [-0.1, -0.05) is 58.0 Å². The molecule has 0 unspecified atom stereocenters. The summed E-state index contributed by atoms with van der Waals surface area (Å²) in [5.74, 6) is -4.42. The molecule has 0 aliphatic rings. The smallest absolute Gasteiger partial charge is 0.445 e. The minimum Gasteiger partial charge on any atom is -0.445 e. The van der Waals surface area contributed by atoms with E-state index < -0.39 is 48.0 Å². The largest absolute Gasteiger partial charge is 0.452 e. The van der Waals surface area contributed by atoms with Gasteiger partial charge in [0, 0.05) is 0 Å². The minimum absolute atomic E-state index is 0.0115. The fourth-order valence-electron chi connectivity index (χ4n) is 2.99. The summed E-state index contributed by atoms with van der Waals surface area (Å²) in [5, 5.41) is 6.86. The van der Waals surface area contributed by atoms with Crippen LogP contribution < -0.4 is 16.0 Å². The Morgan fingerprint density at radius 1 is 0.882 bits per heavy atom. The second kappa shape index (κ2) is 13.0. The Hall–Kier alpha value is -3.11. The first-order valence-electron chi connectivity index (χ1n) is 10.9. The van der Waals surface area contributed by atoms with E-state index in [2.05, 4.69) is 16.0 Å². The van der Waals surface area contributed by atoms with E-state index in [1.807, 2.05) is 6.07 Å². The van der Waals surface area contributed by atoms with Crippen molar-refractivity contribution in [3.05, 3.63) is 35.9 Å². The second-order valence-electron chi connectivity index (χ2n) is 8.71. The summed E-state index contributed by atoms with van der Waals surface area (Å²) in [7, 11) is 0. The standard InChI is InChI=1S/C23H32F3N3O5/c1-13(2)11-17(19(30)23(24,25)26)28-20(31)15(5)27-21(32)18(14(3)4)29-22(33)34-12-16-9-7-6-8-10-16/h6-10,13-15,17-18H,11-12H2,1-5H3,(H,27,32)(H,28,31)(H,29,33)/t15-,17-,18-/m0/s1. The zero-order chi connectivity index (χ0) is 26.1. The van der Waals surface area contributed by atoms with Crippen LogP contribution in [0.5, 0.6) is 0 Å². The van der Waals surface area contributed by atoms with Gasteiger partial charge in [0.15, 0.2) is 0 Å². The topological polar surface area (TPSA) is 114 Å². The van der Waals surface area contributed by atoms with Crippen molar-refractivity contribution in [2.24, 2.45) is 11.8 Å². The van der Waals surface area contributed by atoms with Gasteiger partial charge in [0.25, 0.3) is 5.78 Å². The van der Waals surface area contributed by atoms with Gasteiger partial charge in [-0.2, -0.15) is 13.2 Å². The highest BCUT2D eigenvalue weighted by atomic mass is 19.4. The molecule has 0 bridgehead atoms. The molecule has 0 aliphatic heterocycles. The molecule has 0 aliphatic carbocycles. The van der Waals surface area contributed by atoms with Crippen LogP contribution >= 0.6 is 0 Å². The molecule has 11 heteroatoms. The number of carbonyl (C=O) groups is 4. The Kier molecular flexibility index (Phi) is 11.0. The first-order valence-corrected chi connectivity index (χ1v) is 10.9. The van der Waals surface area contributed by atoms with Crippen LogP contribution in [0.1, 0.15) is 46.6 Å². The van der Waals surface area contributed by atoms with E-state index in [1.54, 1.807) is 52.0 Å². The number of alkyl halides is 3. The molecule has 3 atom stereocenters. The zero-order valence-corrected chi connectivity index (χ0v) is 19.9. The van der Waals surface area contributed by atoms with Gasteiger partial charge < -0.3 is 20.7 Å². The number of ether oxygens (including phenoxy) is 1. The molecular weight excluding hydrogens is 455 g/mol. The lowest BCUT2D eigenvalue weighted by atomic mass is 9.99. The SMILES string of the molecule is CC(C)C[C@H](NC(=O)[C@H](C)NC(=O)[C@@H](NC(=O)OCc1ccccc1)C(C)C)C(=O)C(F)(F)F. The third kappa shape index (κ3) is 9.80. The summed E-state index contributed by atoms with van der Waals surface area (Å²) in [5.41, 5.74) is 0.748. The molecule has 3 N–H and O–H groups in total. The highest BCUT2D eigenvalue weighted by molar-refractivity contribution is 5.95. The quantitative estimate of drug-likeness (QED) is 0.444. The lowest BCUT2D eigenvalue weighted by molar-refractivity contribution is -0.174. The van der Waals surface area contributed by atoms with E-state index in [0.717, 1.165) is 5.56 Å². The molecule has 0 fully saturated rings. The van der Waals surface area contributed by atoms with Gasteiger partial charge in [0.2, 0.25) is 11.8 Å². The number of rotatable bonds is 11. The number of halogens is 3. The summed E-state index contributed by atoms with van der Waals surface area (Å²) in [6.45, 7) is 7.80. The van der Waals surface area contributed by atoms with Crippen molar-refractivity contribution in [2.45, 2.75) is 71.9 Å². The molecule has 1 aromatic carbocycles. The molecule has 8 nitrogen and oxygen atoms in total. The van der Waals surface area contributed by atoms with Crippen molar-refractivity contribution >= 4 is 23.7 Å². The summed E-state index contributed by atoms with van der Waals surface area (Å²) in [6, 6.07) is 4.80. The first kappa shape index (κ1) is 28.9. The Morgan fingerprint density at radius 3 is 1.97 bits per heavy atom. The molecule has 0 radical (unpaired) electrons. The highest BCUT2D eigenvalue weighted by Crippen LogP contribution is 2.21. The van der Waals surface area contributed by atoms with Gasteiger partial charge in [-0.25, -0.2) is 4.79 Å². The Labute approximate surface area is 197 Å². The molecule has 1 rings (SSSR count). The van der Waals surface area contributed by atoms with Crippen molar-refractivity contribution in [2.75, 3.05) is 0 Å². The van der Waals surface area contributed by atoms with Crippen molar-refractivity contribution in [1.29, 1.82) is 0 Å². The monoisotopic (exact) mass is 487 g/mol. The van der Waals surface area contributed by atoms with Crippen LogP contribution in [0.25, 0.3) is 0 Å². The highest BCUT2D eigenvalue weighted by Gasteiger charge is 2.44. The number of nitrogens with one attached hydrogen (secondary N) is 3. The number of alkyl carbamates (subject to hydrolysis) is 1. The van der Waals surface area contributed by atoms with Gasteiger partial charge in [0.05, 0.1) is 6.04 Å². The molecule has 0 spiro atoms. The van der Waals surface area contributed by atoms with E-state index in [-0.39, 0.29) is 24.9 Å². The lowest BCUT2D eigenvalue weighted by Crippen LogP contribution is -2.57. The van der Waals surface area contributed by atoms with Crippen molar-refractivity contribution in [3.63, 3.8) is 0 Å². The molecule has 3 amide bonds. The minimum atomic E-state index is -5.11. The summed E-state index contributed by atoms with van der Waals surface area (Å²) < 4.78 is 43.7. The van der Waals surface area contributed by atoms with E-state index in [0.29, 0.717) is 0 Å². The van der Waals surface area contributed by atoms with Crippen molar-refractivity contribution in [3.8, 4) is 0 Å². The maximum absolute atomic E-state index is 12.9. The third-order valence-electron chi connectivity index (χ3n) is 4.81. The average Bonchev–Trinajstić information content (AvgIpc) is 2.74. The second-order valence-corrected chi connectivity index (χ2v) is 8.71. The van der Waals surface area contributed by atoms with Gasteiger partial charge in [-0.3, -0.25) is 14.4 Å². The van der Waals surface area contributed by atoms with E-state index in [1.165, 1.54) is 6.92 Å². The van der Waals surface area contributed by atoms with Gasteiger partial charge in [0.1, 0.15) is 18.7 Å². The number of amides is 3. The predicted octanol–water partition coefficient (Wildman–Crippen LogP) is 3.10. The van der Waals surface area contributed by atoms with Crippen LogP contribution in [0.4, 0.5) is 18.0 Å². The zero-order valence-electron chi connectivity index (χ0n) is 19.9. The first-order chi connectivity index (χ1) is 15.7. The number of benzene rings is 1. The number of ketones is 1. The van der Waals surface area contributed by atoms with Crippen LogP contribution in [0.3, 0.4) is 0 Å². The van der Waals surface area contributed by atoms with Crippen molar-refractivity contribution < 1.29 is 37.1 Å². The summed E-state index contributed by atoms with van der Waals surface area (Å²) in [6.07, 6.45) is -6.16. The summed E-state index contributed by atoms with van der Waals surface area (Å²) in [4.78, 5) is 48.9. The molecule has 190 valence electrons. The maximum atomic E-state index is 12.9. The molecule has 1 aromatic rings. The van der Waals surface area contributed by atoms with E-state index in [4.69, 9.17) is 4.74 Å². The van der Waals surface area contributed by atoms with Crippen molar-refractivity contribution in [1.82, 2.24) is 16.0 Å². The molecule has 0 saturated heterocycles. The lowest BCUT2D eigenvalue weighted by Gasteiger charge is -2.25. The predicted molar refractivity (Wildman–Crippen MR) is 118 cm³/mol. The number of Topliss-reactive ketones (excluding diaryl/α,β-unsaturated/α-hetero) is 1. The molecule has 0 heterocycles. The number of hydrogen-bond acceptors (Lipinski definition) is 5. The van der Waals surface area contributed by atoms with Gasteiger partial charge in [-0.05, 0) is 30.7 Å². The fourth-order valence-corrected chi connectivity index (χ4v) is 2.99. The number of carbonyl (C=O) groups excluding carboxylic acids is 4. The van der Waals surface area contributed by atoms with E-state index >= 15 is 0 Å². The van der Waals surface area contributed by atoms with E-state index in [9.17, 15) is 32.3 Å². The number of hydrogen-bond donors (Lipinski definition) is 3. The normalized spacial score (nSPS) is 14.2. The Morgan fingerprint density at radius 2 is 1.47 bits per heavy atom. The van der Waals surface area contributed by atoms with Crippen LogP contribution in [-0.4, -0.2) is 48.0 Å². The fraction of sp³-hybridized carbons (Fsp3) is 0.565. The Bertz CT molecular complexity index is 844. The van der Waals surface area contributed by atoms with Gasteiger partial charge >= 0.3 is 12.3 Å². The maximum Gasteiger partial charge on any atom is 0.452 e. The molecular formula is C23H32F3N3O5. The Balaban J connectivity index is 2.73. The molecule has 0 saturated carbocycles. The van der Waals surface area contributed by atoms with Crippen LogP contribution in [0.15, 0.2) is 30.3 Å². The average molecular weight is 488 g/mol. The third-order valence-corrected chi connectivity index (χ3v) is 4.81. The van der Waals surface area contributed by atoms with Gasteiger partial charge in [-0.15, -0.1) is 0 Å². The van der Waals surface area contributed by atoms with Crippen LogP contribution in [0, 0.1) is 11.8 Å². The molecule has 34 heavy (non-hydrogen) atoms.